The SMILES string of the molecule is CCC(C)CCC(C)CC(C)N. The van der Waals surface area contributed by atoms with Crippen LogP contribution in [-0.2, 0) is 0 Å². The van der Waals surface area contributed by atoms with Gasteiger partial charge < -0.3 is 5.73 Å². The molecule has 3 atom stereocenters. The first kappa shape index (κ1) is 12.0. The number of nitrogens with two attached hydrogens (primary N) is 1. The average molecular weight is 171 g/mol. The van der Waals surface area contributed by atoms with Crippen LogP contribution in [0.15, 0.2) is 0 Å². The van der Waals surface area contributed by atoms with Gasteiger partial charge in [-0.15, -0.1) is 0 Å². The smallest absolute Gasteiger partial charge is 0.00130 e. The number of hydrogen-bond acceptors (Lipinski definition) is 1. The Hall–Kier alpha value is -0.0400. The van der Waals surface area contributed by atoms with E-state index in [9.17, 15) is 0 Å². The van der Waals surface area contributed by atoms with E-state index in [1.165, 1.54) is 25.7 Å². The van der Waals surface area contributed by atoms with E-state index < -0.39 is 0 Å². The van der Waals surface area contributed by atoms with Gasteiger partial charge in [-0.2, -0.15) is 0 Å². The average Bonchev–Trinajstić information content (AvgIpc) is 1.99. The lowest BCUT2D eigenvalue weighted by atomic mass is 9.93. The highest BCUT2D eigenvalue weighted by Gasteiger charge is 2.06. The zero-order valence-corrected chi connectivity index (χ0v) is 9.14. The zero-order chi connectivity index (χ0) is 9.56. The molecule has 0 saturated carbocycles. The molecule has 2 N–H and O–H groups in total. The fourth-order valence-electron chi connectivity index (χ4n) is 1.53. The van der Waals surface area contributed by atoms with Crippen molar-refractivity contribution < 1.29 is 0 Å². The van der Waals surface area contributed by atoms with Crippen LogP contribution in [0, 0.1) is 11.8 Å². The van der Waals surface area contributed by atoms with Crippen molar-refractivity contribution in [3.8, 4) is 0 Å². The van der Waals surface area contributed by atoms with Crippen molar-refractivity contribution in [2.75, 3.05) is 0 Å². The monoisotopic (exact) mass is 171 g/mol. The molecule has 0 heterocycles. The van der Waals surface area contributed by atoms with Gasteiger partial charge in [-0.25, -0.2) is 0 Å². The first-order chi connectivity index (χ1) is 5.56. The summed E-state index contributed by atoms with van der Waals surface area (Å²) in [6.45, 7) is 9.00. The molecule has 0 aromatic carbocycles. The summed E-state index contributed by atoms with van der Waals surface area (Å²) in [5.41, 5.74) is 5.73. The van der Waals surface area contributed by atoms with Crippen molar-refractivity contribution in [1.29, 1.82) is 0 Å². The molecule has 1 nitrogen and oxygen atoms in total. The van der Waals surface area contributed by atoms with Crippen LogP contribution in [-0.4, -0.2) is 6.04 Å². The second-order valence-corrected chi connectivity index (χ2v) is 4.41. The predicted octanol–water partition coefficient (Wildman–Crippen LogP) is 3.19. The van der Waals surface area contributed by atoms with Crippen LogP contribution in [0.1, 0.15) is 53.4 Å². The Morgan fingerprint density at radius 1 is 1.00 bits per heavy atom. The Morgan fingerprint density at radius 2 is 1.50 bits per heavy atom. The number of hydrogen-bond donors (Lipinski definition) is 1. The molecule has 0 spiro atoms. The van der Waals surface area contributed by atoms with E-state index in [4.69, 9.17) is 5.73 Å². The Balaban J connectivity index is 3.36. The van der Waals surface area contributed by atoms with E-state index in [1.54, 1.807) is 0 Å². The first-order valence-corrected chi connectivity index (χ1v) is 5.31. The molecule has 0 aromatic heterocycles. The second-order valence-electron chi connectivity index (χ2n) is 4.41. The molecule has 0 aromatic rings. The lowest BCUT2D eigenvalue weighted by molar-refractivity contribution is 0.389. The van der Waals surface area contributed by atoms with E-state index in [-0.39, 0.29) is 0 Å². The minimum absolute atomic E-state index is 0.372. The maximum Gasteiger partial charge on any atom is 0.00130 e. The van der Waals surface area contributed by atoms with Gasteiger partial charge in [-0.05, 0) is 25.2 Å². The third-order valence-corrected chi connectivity index (χ3v) is 2.62. The minimum Gasteiger partial charge on any atom is -0.328 e. The van der Waals surface area contributed by atoms with Gasteiger partial charge in [0.25, 0.3) is 0 Å². The lowest BCUT2D eigenvalue weighted by Crippen LogP contribution is -2.18. The highest BCUT2D eigenvalue weighted by atomic mass is 14.6. The van der Waals surface area contributed by atoms with Crippen molar-refractivity contribution in [3.05, 3.63) is 0 Å². The van der Waals surface area contributed by atoms with E-state index in [2.05, 4.69) is 27.7 Å². The summed E-state index contributed by atoms with van der Waals surface area (Å²) in [6.07, 6.45) is 5.20. The van der Waals surface area contributed by atoms with Crippen LogP contribution < -0.4 is 5.73 Å². The predicted molar refractivity (Wildman–Crippen MR) is 56.1 cm³/mol. The van der Waals surface area contributed by atoms with Gasteiger partial charge in [0.05, 0.1) is 0 Å². The number of rotatable bonds is 6. The first-order valence-electron chi connectivity index (χ1n) is 5.31. The van der Waals surface area contributed by atoms with Crippen molar-refractivity contribution in [2.24, 2.45) is 17.6 Å². The minimum atomic E-state index is 0.372. The Bertz CT molecular complexity index is 99.2. The third-order valence-electron chi connectivity index (χ3n) is 2.62. The maximum absolute atomic E-state index is 5.73. The summed E-state index contributed by atoms with van der Waals surface area (Å²) in [4.78, 5) is 0. The standard InChI is InChI=1S/C11H25N/c1-5-9(2)6-7-10(3)8-11(4)12/h9-11H,5-8,12H2,1-4H3. The van der Waals surface area contributed by atoms with Gasteiger partial charge >= 0.3 is 0 Å². The van der Waals surface area contributed by atoms with Crippen LogP contribution in [0.3, 0.4) is 0 Å². The molecule has 3 unspecified atom stereocenters. The summed E-state index contributed by atoms with van der Waals surface area (Å²) >= 11 is 0. The Morgan fingerprint density at radius 3 is 1.92 bits per heavy atom. The Labute approximate surface area is 77.7 Å². The van der Waals surface area contributed by atoms with Crippen molar-refractivity contribution in [1.82, 2.24) is 0 Å². The molecule has 0 saturated heterocycles. The fourth-order valence-corrected chi connectivity index (χ4v) is 1.53. The van der Waals surface area contributed by atoms with Gasteiger partial charge in [-0.3, -0.25) is 0 Å². The summed E-state index contributed by atoms with van der Waals surface area (Å²) in [6, 6.07) is 0.372. The Kier molecular flexibility index (Phi) is 6.45. The lowest BCUT2D eigenvalue weighted by Gasteiger charge is -2.15. The second kappa shape index (κ2) is 6.47. The quantitative estimate of drug-likeness (QED) is 0.652. The van der Waals surface area contributed by atoms with Crippen molar-refractivity contribution >= 4 is 0 Å². The van der Waals surface area contributed by atoms with Gasteiger partial charge in [0.2, 0.25) is 0 Å². The molecular weight excluding hydrogens is 146 g/mol. The van der Waals surface area contributed by atoms with Crippen molar-refractivity contribution in [3.63, 3.8) is 0 Å². The molecule has 74 valence electrons. The topological polar surface area (TPSA) is 26.0 Å². The van der Waals surface area contributed by atoms with E-state index in [0.717, 1.165) is 11.8 Å². The van der Waals surface area contributed by atoms with Crippen LogP contribution in [0.5, 0.6) is 0 Å². The molecule has 1 heteroatoms. The molecule has 0 aliphatic carbocycles. The molecule has 0 aliphatic rings. The van der Waals surface area contributed by atoms with Crippen LogP contribution in [0.25, 0.3) is 0 Å². The molecule has 0 radical (unpaired) electrons. The molecule has 0 fully saturated rings. The van der Waals surface area contributed by atoms with Crippen LogP contribution >= 0.6 is 0 Å². The molecule has 0 rings (SSSR count). The molecule has 0 bridgehead atoms. The summed E-state index contributed by atoms with van der Waals surface area (Å²) in [5.74, 6) is 1.69. The highest BCUT2D eigenvalue weighted by molar-refractivity contribution is 4.62. The van der Waals surface area contributed by atoms with Gasteiger partial charge in [0, 0.05) is 6.04 Å². The van der Waals surface area contributed by atoms with Gasteiger partial charge in [0.15, 0.2) is 0 Å². The zero-order valence-electron chi connectivity index (χ0n) is 9.14. The van der Waals surface area contributed by atoms with Gasteiger partial charge in [-0.1, -0.05) is 40.0 Å². The van der Waals surface area contributed by atoms with Crippen LogP contribution in [0.4, 0.5) is 0 Å². The van der Waals surface area contributed by atoms with Gasteiger partial charge in [0.1, 0.15) is 0 Å². The van der Waals surface area contributed by atoms with E-state index >= 15 is 0 Å². The molecule has 0 amide bonds. The molecular formula is C11H25N. The highest BCUT2D eigenvalue weighted by Crippen LogP contribution is 2.17. The van der Waals surface area contributed by atoms with E-state index in [0.29, 0.717) is 6.04 Å². The largest absolute Gasteiger partial charge is 0.328 e. The van der Waals surface area contributed by atoms with Crippen LogP contribution in [0.2, 0.25) is 0 Å². The fraction of sp³-hybridized carbons (Fsp3) is 1.00. The van der Waals surface area contributed by atoms with Crippen molar-refractivity contribution in [2.45, 2.75) is 59.4 Å². The maximum atomic E-state index is 5.73. The molecule has 0 aliphatic heterocycles. The van der Waals surface area contributed by atoms with E-state index in [1.807, 2.05) is 0 Å². The summed E-state index contributed by atoms with van der Waals surface area (Å²) in [5, 5.41) is 0. The summed E-state index contributed by atoms with van der Waals surface area (Å²) < 4.78 is 0. The molecule has 12 heavy (non-hydrogen) atoms. The third kappa shape index (κ3) is 6.66. The summed E-state index contributed by atoms with van der Waals surface area (Å²) in [7, 11) is 0. The normalized spacial score (nSPS) is 18.8.